The van der Waals surface area contributed by atoms with Gasteiger partial charge in [0.2, 0.25) is 5.69 Å². The highest BCUT2D eigenvalue weighted by Gasteiger charge is 2.22. The molecule has 2 nitrogen and oxygen atoms in total. The average molecular weight is 434 g/mol. The summed E-state index contributed by atoms with van der Waals surface area (Å²) in [5, 5.41) is 2.63. The van der Waals surface area contributed by atoms with Gasteiger partial charge in [-0.2, -0.15) is 0 Å². The minimum absolute atomic E-state index is 0.107. The Labute approximate surface area is 197 Å². The maximum atomic E-state index is 2.46. The van der Waals surface area contributed by atoms with Gasteiger partial charge in [-0.05, 0) is 60.6 Å². The van der Waals surface area contributed by atoms with Gasteiger partial charge in [0.05, 0.1) is 16.6 Å². The number of fused-ring (bicyclic) bond motifs is 3. The molecule has 0 saturated carbocycles. The Morgan fingerprint density at radius 3 is 1.88 bits per heavy atom. The Balaban J connectivity index is 1.84. The van der Waals surface area contributed by atoms with Crippen LogP contribution in [0.3, 0.4) is 0 Å². The van der Waals surface area contributed by atoms with E-state index in [1.54, 1.807) is 0 Å². The van der Waals surface area contributed by atoms with E-state index in [4.69, 9.17) is 0 Å². The number of hydrogen-bond acceptors (Lipinski definition) is 0. The summed E-state index contributed by atoms with van der Waals surface area (Å²) in [6.07, 6.45) is 2.19. The summed E-state index contributed by atoms with van der Waals surface area (Å²) >= 11 is 0. The number of pyridine rings is 1. The van der Waals surface area contributed by atoms with E-state index < -0.39 is 0 Å². The SMILES string of the molecule is Cc1ccc(-n2c3c(C)cccc3c3cccc(C)c32)cc1-c1cc(C(C)(C)C)cc[n+]1C. The molecule has 3 aromatic carbocycles. The summed E-state index contributed by atoms with van der Waals surface area (Å²) in [6, 6.07) is 24.8. The molecule has 166 valence electrons. The highest BCUT2D eigenvalue weighted by atomic mass is 15.0. The molecule has 2 aromatic heterocycles. The first kappa shape index (κ1) is 21.5. The van der Waals surface area contributed by atoms with Crippen molar-refractivity contribution in [3.8, 4) is 16.9 Å². The first-order valence-electron chi connectivity index (χ1n) is 11.8. The Bertz CT molecular complexity index is 1470. The van der Waals surface area contributed by atoms with Crippen molar-refractivity contribution >= 4 is 21.8 Å². The van der Waals surface area contributed by atoms with Crippen molar-refractivity contribution < 1.29 is 4.57 Å². The first-order valence-corrected chi connectivity index (χ1v) is 11.8. The largest absolute Gasteiger partial charge is 0.309 e. The third-order valence-electron chi connectivity index (χ3n) is 6.98. The quantitative estimate of drug-likeness (QED) is 0.255. The van der Waals surface area contributed by atoms with Crippen LogP contribution in [0.25, 0.3) is 38.8 Å². The molecule has 0 aliphatic rings. The number of para-hydroxylation sites is 2. The van der Waals surface area contributed by atoms with E-state index in [1.807, 2.05) is 0 Å². The molecule has 0 saturated heterocycles. The lowest BCUT2D eigenvalue weighted by molar-refractivity contribution is -0.660. The van der Waals surface area contributed by atoms with Gasteiger partial charge in [0, 0.05) is 28.6 Å². The van der Waals surface area contributed by atoms with E-state index in [-0.39, 0.29) is 5.41 Å². The van der Waals surface area contributed by atoms with E-state index in [2.05, 4.69) is 131 Å². The summed E-state index contributed by atoms with van der Waals surface area (Å²) in [4.78, 5) is 0. The minimum Gasteiger partial charge on any atom is -0.309 e. The lowest BCUT2D eigenvalue weighted by atomic mass is 9.86. The molecule has 0 fully saturated rings. The van der Waals surface area contributed by atoms with Crippen LogP contribution in [0.4, 0.5) is 0 Å². The van der Waals surface area contributed by atoms with Gasteiger partial charge in [0.15, 0.2) is 6.20 Å². The monoisotopic (exact) mass is 433 g/mol. The number of rotatable bonds is 2. The fourth-order valence-electron chi connectivity index (χ4n) is 5.05. The summed E-state index contributed by atoms with van der Waals surface area (Å²) in [7, 11) is 2.14. The van der Waals surface area contributed by atoms with Crippen molar-refractivity contribution in [2.45, 2.75) is 47.0 Å². The molecule has 0 radical (unpaired) electrons. The Kier molecular flexibility index (Phi) is 4.93. The molecule has 0 N–H and O–H groups in total. The summed E-state index contributed by atoms with van der Waals surface area (Å²) in [6.45, 7) is 13.5. The van der Waals surface area contributed by atoms with Crippen molar-refractivity contribution in [1.29, 1.82) is 0 Å². The number of nitrogens with zero attached hydrogens (tertiary/aromatic N) is 2. The molecular weight excluding hydrogens is 400 g/mol. The summed E-state index contributed by atoms with van der Waals surface area (Å²) in [5.41, 5.74) is 11.7. The summed E-state index contributed by atoms with van der Waals surface area (Å²) < 4.78 is 4.70. The maximum Gasteiger partial charge on any atom is 0.212 e. The average Bonchev–Trinajstić information content (AvgIpc) is 3.11. The zero-order valence-corrected chi connectivity index (χ0v) is 20.8. The highest BCUT2D eigenvalue weighted by molar-refractivity contribution is 6.11. The second kappa shape index (κ2) is 7.59. The lowest BCUT2D eigenvalue weighted by Crippen LogP contribution is -2.32. The Morgan fingerprint density at radius 1 is 0.697 bits per heavy atom. The minimum atomic E-state index is 0.107. The molecule has 5 rings (SSSR count). The van der Waals surface area contributed by atoms with E-state index in [1.165, 1.54) is 61.0 Å². The zero-order valence-electron chi connectivity index (χ0n) is 20.8. The standard InChI is InChI=1S/C31H33N2/c1-20-14-15-24(19-27(20)28-18-23(31(4,5)6)16-17-32(28)7)33-29-21(2)10-8-12-25(29)26-13-9-11-22(3)30(26)33/h8-19H,1-7H3/q+1. The second-order valence-corrected chi connectivity index (χ2v) is 10.4. The molecule has 5 aromatic rings. The molecule has 0 aliphatic carbocycles. The van der Waals surface area contributed by atoms with Gasteiger partial charge in [-0.15, -0.1) is 0 Å². The molecule has 0 spiro atoms. The van der Waals surface area contributed by atoms with Gasteiger partial charge in [0.25, 0.3) is 0 Å². The molecule has 0 atom stereocenters. The van der Waals surface area contributed by atoms with Crippen molar-refractivity contribution in [3.63, 3.8) is 0 Å². The van der Waals surface area contributed by atoms with Crippen LogP contribution in [0.5, 0.6) is 0 Å². The number of aryl methyl sites for hydroxylation is 4. The third kappa shape index (κ3) is 3.45. The normalized spacial score (nSPS) is 12.1. The van der Waals surface area contributed by atoms with E-state index in [0.717, 1.165) is 0 Å². The fraction of sp³-hybridized carbons (Fsp3) is 0.258. The van der Waals surface area contributed by atoms with Crippen LogP contribution in [0, 0.1) is 20.8 Å². The van der Waals surface area contributed by atoms with Gasteiger partial charge in [-0.3, -0.25) is 0 Å². The predicted octanol–water partition coefficient (Wildman–Crippen LogP) is 7.50. The predicted molar refractivity (Wildman–Crippen MR) is 140 cm³/mol. The molecule has 33 heavy (non-hydrogen) atoms. The topological polar surface area (TPSA) is 8.81 Å². The van der Waals surface area contributed by atoms with Gasteiger partial charge < -0.3 is 4.57 Å². The van der Waals surface area contributed by atoms with Crippen molar-refractivity contribution in [2.24, 2.45) is 7.05 Å². The van der Waals surface area contributed by atoms with Crippen molar-refractivity contribution in [3.05, 3.63) is 95.2 Å². The highest BCUT2D eigenvalue weighted by Crippen LogP contribution is 2.37. The number of aromatic nitrogens is 2. The van der Waals surface area contributed by atoms with E-state index >= 15 is 0 Å². The Hall–Kier alpha value is -3.39. The molecular formula is C31H33N2+. The zero-order chi connectivity index (χ0) is 23.5. The van der Waals surface area contributed by atoms with Gasteiger partial charge in [-0.1, -0.05) is 63.2 Å². The Morgan fingerprint density at radius 2 is 1.30 bits per heavy atom. The van der Waals surface area contributed by atoms with Crippen LogP contribution in [0.2, 0.25) is 0 Å². The molecule has 0 bridgehead atoms. The van der Waals surface area contributed by atoms with Crippen LogP contribution in [0.1, 0.15) is 43.0 Å². The van der Waals surface area contributed by atoms with E-state index in [9.17, 15) is 0 Å². The third-order valence-corrected chi connectivity index (χ3v) is 6.98. The molecule has 2 heterocycles. The van der Waals surface area contributed by atoms with Gasteiger partial charge in [-0.25, -0.2) is 4.57 Å². The smallest absolute Gasteiger partial charge is 0.212 e. The lowest BCUT2D eigenvalue weighted by Gasteiger charge is -2.19. The van der Waals surface area contributed by atoms with E-state index in [0.29, 0.717) is 0 Å². The maximum absolute atomic E-state index is 2.46. The van der Waals surface area contributed by atoms with Crippen molar-refractivity contribution in [2.75, 3.05) is 0 Å². The van der Waals surface area contributed by atoms with Gasteiger partial charge >= 0.3 is 0 Å². The van der Waals surface area contributed by atoms with Crippen LogP contribution >= 0.6 is 0 Å². The molecule has 0 aliphatic heterocycles. The second-order valence-electron chi connectivity index (χ2n) is 10.4. The van der Waals surface area contributed by atoms with Crippen LogP contribution < -0.4 is 4.57 Å². The first-order chi connectivity index (χ1) is 15.7. The van der Waals surface area contributed by atoms with Crippen LogP contribution in [-0.4, -0.2) is 4.57 Å². The number of hydrogen-bond donors (Lipinski definition) is 0. The van der Waals surface area contributed by atoms with Crippen LogP contribution in [0.15, 0.2) is 72.9 Å². The number of benzene rings is 3. The summed E-state index contributed by atoms with van der Waals surface area (Å²) in [5.74, 6) is 0. The molecule has 2 heteroatoms. The fourth-order valence-corrected chi connectivity index (χ4v) is 5.05. The van der Waals surface area contributed by atoms with Crippen molar-refractivity contribution in [1.82, 2.24) is 4.57 Å². The van der Waals surface area contributed by atoms with Gasteiger partial charge in [0.1, 0.15) is 7.05 Å². The molecule has 0 amide bonds. The molecule has 0 unspecified atom stereocenters. The van der Waals surface area contributed by atoms with Crippen LogP contribution in [-0.2, 0) is 12.5 Å².